The molecule has 1 aliphatic heterocycles. The number of rotatable bonds is 2. The van der Waals surface area contributed by atoms with Gasteiger partial charge in [-0.2, -0.15) is 0 Å². The van der Waals surface area contributed by atoms with Crippen molar-refractivity contribution >= 4 is 5.91 Å². The van der Waals surface area contributed by atoms with E-state index < -0.39 is 0 Å². The summed E-state index contributed by atoms with van der Waals surface area (Å²) in [6.45, 7) is 2.93. The quantitative estimate of drug-likeness (QED) is 0.743. The third-order valence-electron chi connectivity index (χ3n) is 4.14. The van der Waals surface area contributed by atoms with Crippen LogP contribution in [0.3, 0.4) is 0 Å². The Labute approximate surface area is 97.2 Å². The van der Waals surface area contributed by atoms with Crippen LogP contribution in [0.25, 0.3) is 0 Å². The van der Waals surface area contributed by atoms with E-state index >= 15 is 0 Å². The summed E-state index contributed by atoms with van der Waals surface area (Å²) < 4.78 is 0. The first-order chi connectivity index (χ1) is 7.65. The van der Waals surface area contributed by atoms with Crippen molar-refractivity contribution in [3.05, 3.63) is 0 Å². The molecule has 4 nitrogen and oxygen atoms in total. The van der Waals surface area contributed by atoms with Gasteiger partial charge in [0, 0.05) is 25.7 Å². The number of likely N-dealkylation sites (N-methyl/N-ethyl adjacent to an activating group) is 1. The second-order valence-electron chi connectivity index (χ2n) is 5.13. The van der Waals surface area contributed by atoms with E-state index in [1.165, 1.54) is 25.7 Å². The zero-order valence-electron chi connectivity index (χ0n) is 10.2. The highest BCUT2D eigenvalue weighted by molar-refractivity contribution is 5.83. The van der Waals surface area contributed by atoms with Crippen molar-refractivity contribution in [3.63, 3.8) is 0 Å². The first-order valence-electron chi connectivity index (χ1n) is 6.28. The first-order valence-corrected chi connectivity index (χ1v) is 6.28. The third-order valence-corrected chi connectivity index (χ3v) is 4.14. The minimum Gasteiger partial charge on any atom is -0.394 e. The Morgan fingerprint density at radius 3 is 2.56 bits per heavy atom. The average Bonchev–Trinajstić information content (AvgIpc) is 2.79. The zero-order valence-corrected chi connectivity index (χ0v) is 10.2. The van der Waals surface area contributed by atoms with Crippen molar-refractivity contribution in [3.8, 4) is 0 Å². The summed E-state index contributed by atoms with van der Waals surface area (Å²) in [5.41, 5.74) is 0. The molecule has 1 N–H and O–H groups in total. The van der Waals surface area contributed by atoms with Crippen LogP contribution in [0.4, 0.5) is 0 Å². The van der Waals surface area contributed by atoms with Crippen LogP contribution in [0, 0.1) is 0 Å². The Bertz CT molecular complexity index is 264. The van der Waals surface area contributed by atoms with Gasteiger partial charge >= 0.3 is 0 Å². The lowest BCUT2D eigenvalue weighted by molar-refractivity contribution is -0.147. The van der Waals surface area contributed by atoms with Gasteiger partial charge in [-0.1, -0.05) is 12.8 Å². The number of hydrogen-bond acceptors (Lipinski definition) is 3. The van der Waals surface area contributed by atoms with Crippen LogP contribution >= 0.6 is 0 Å². The molecule has 0 aromatic heterocycles. The molecular formula is C12H22N2O2. The van der Waals surface area contributed by atoms with Gasteiger partial charge in [0.1, 0.15) is 6.04 Å². The summed E-state index contributed by atoms with van der Waals surface area (Å²) >= 11 is 0. The zero-order chi connectivity index (χ0) is 11.7. The molecule has 0 aromatic rings. The van der Waals surface area contributed by atoms with Crippen LogP contribution in [0.15, 0.2) is 0 Å². The first kappa shape index (κ1) is 11.9. The summed E-state index contributed by atoms with van der Waals surface area (Å²) in [6, 6.07) is 0.470. The van der Waals surface area contributed by atoms with Gasteiger partial charge in [0.05, 0.1) is 6.61 Å². The number of piperazine rings is 1. The van der Waals surface area contributed by atoms with Gasteiger partial charge in [0.2, 0.25) is 5.91 Å². The summed E-state index contributed by atoms with van der Waals surface area (Å²) in [5.74, 6) is 0.0770. The van der Waals surface area contributed by atoms with Gasteiger partial charge < -0.3 is 10.0 Å². The molecule has 2 rings (SSSR count). The molecule has 0 spiro atoms. The number of aliphatic hydroxyl groups is 1. The fourth-order valence-corrected chi connectivity index (χ4v) is 2.97. The Kier molecular flexibility index (Phi) is 3.50. The molecule has 92 valence electrons. The molecule has 1 saturated heterocycles. The fraction of sp³-hybridized carbons (Fsp3) is 0.917. The normalized spacial score (nSPS) is 33.7. The van der Waals surface area contributed by atoms with Gasteiger partial charge in [-0.25, -0.2) is 0 Å². The van der Waals surface area contributed by atoms with Gasteiger partial charge in [-0.15, -0.1) is 0 Å². The molecule has 2 aliphatic rings. The van der Waals surface area contributed by atoms with Crippen molar-refractivity contribution in [2.75, 3.05) is 20.2 Å². The van der Waals surface area contributed by atoms with Crippen molar-refractivity contribution in [1.82, 2.24) is 9.80 Å². The Balaban J connectivity index is 2.12. The lowest BCUT2D eigenvalue weighted by atomic mass is 10.0. The van der Waals surface area contributed by atoms with E-state index in [1.807, 2.05) is 7.05 Å². The van der Waals surface area contributed by atoms with E-state index in [9.17, 15) is 9.90 Å². The predicted octanol–water partition coefficient (Wildman–Crippen LogP) is 0.452. The molecule has 0 bridgehead atoms. The molecule has 2 unspecified atom stereocenters. The second-order valence-corrected chi connectivity index (χ2v) is 5.13. The summed E-state index contributed by atoms with van der Waals surface area (Å²) in [6.07, 6.45) is 4.88. The smallest absolute Gasteiger partial charge is 0.242 e. The molecule has 16 heavy (non-hydrogen) atoms. The molecule has 1 heterocycles. The topological polar surface area (TPSA) is 43.8 Å². The summed E-state index contributed by atoms with van der Waals surface area (Å²) in [7, 11) is 1.83. The van der Waals surface area contributed by atoms with Crippen LogP contribution < -0.4 is 0 Å². The monoisotopic (exact) mass is 226 g/mol. The highest BCUT2D eigenvalue weighted by Crippen LogP contribution is 2.28. The molecular weight excluding hydrogens is 204 g/mol. The van der Waals surface area contributed by atoms with E-state index in [0.717, 1.165) is 6.54 Å². The Morgan fingerprint density at radius 1 is 1.38 bits per heavy atom. The highest BCUT2D eigenvalue weighted by atomic mass is 16.3. The number of amides is 1. The molecule has 4 heteroatoms. The van der Waals surface area contributed by atoms with Crippen molar-refractivity contribution in [1.29, 1.82) is 0 Å². The van der Waals surface area contributed by atoms with Crippen LogP contribution in [-0.2, 0) is 4.79 Å². The van der Waals surface area contributed by atoms with Crippen LogP contribution in [0.1, 0.15) is 32.6 Å². The lowest BCUT2D eigenvalue weighted by Gasteiger charge is -2.45. The summed E-state index contributed by atoms with van der Waals surface area (Å²) in [5, 5.41) is 9.41. The Morgan fingerprint density at radius 2 is 2.00 bits per heavy atom. The number of carbonyl (C=O) groups is 1. The van der Waals surface area contributed by atoms with Crippen LogP contribution in [0.5, 0.6) is 0 Å². The molecule has 1 aliphatic carbocycles. The minimum absolute atomic E-state index is 0.0492. The van der Waals surface area contributed by atoms with Crippen molar-refractivity contribution in [2.45, 2.75) is 50.7 Å². The van der Waals surface area contributed by atoms with Gasteiger partial charge in [-0.3, -0.25) is 9.69 Å². The predicted molar refractivity (Wildman–Crippen MR) is 62.1 cm³/mol. The second kappa shape index (κ2) is 4.72. The molecule has 0 aromatic carbocycles. The number of hydrogen-bond donors (Lipinski definition) is 1. The van der Waals surface area contributed by atoms with Gasteiger partial charge in [0.25, 0.3) is 0 Å². The molecule has 2 atom stereocenters. The molecule has 2 fully saturated rings. The largest absolute Gasteiger partial charge is 0.394 e. The van der Waals surface area contributed by atoms with E-state index in [2.05, 4.69) is 11.8 Å². The van der Waals surface area contributed by atoms with Gasteiger partial charge in [-0.05, 0) is 19.8 Å². The van der Waals surface area contributed by atoms with Crippen LogP contribution in [0.2, 0.25) is 0 Å². The van der Waals surface area contributed by atoms with Gasteiger partial charge in [0.15, 0.2) is 0 Å². The minimum atomic E-state index is -0.302. The molecule has 1 amide bonds. The highest BCUT2D eigenvalue weighted by Gasteiger charge is 2.40. The van der Waals surface area contributed by atoms with Crippen molar-refractivity contribution in [2.24, 2.45) is 0 Å². The number of aliphatic hydroxyl groups excluding tert-OH is 1. The fourth-order valence-electron chi connectivity index (χ4n) is 2.97. The molecule has 1 saturated carbocycles. The summed E-state index contributed by atoms with van der Waals surface area (Å²) in [4.78, 5) is 16.1. The maximum absolute atomic E-state index is 12.1. The SMILES string of the molecule is CC1CN(C2CCCC2)C(CO)C(=O)N1C. The Hall–Kier alpha value is -0.610. The number of carbonyl (C=O) groups excluding carboxylic acids is 1. The maximum Gasteiger partial charge on any atom is 0.242 e. The number of nitrogens with zero attached hydrogens (tertiary/aromatic N) is 2. The van der Waals surface area contributed by atoms with Crippen molar-refractivity contribution < 1.29 is 9.90 Å². The maximum atomic E-state index is 12.1. The molecule has 0 radical (unpaired) electrons. The van der Waals surface area contributed by atoms with E-state index in [1.54, 1.807) is 4.90 Å². The average molecular weight is 226 g/mol. The van der Waals surface area contributed by atoms with E-state index in [4.69, 9.17) is 0 Å². The van der Waals surface area contributed by atoms with E-state index in [0.29, 0.717) is 6.04 Å². The lowest BCUT2D eigenvalue weighted by Crippen LogP contribution is -2.62. The van der Waals surface area contributed by atoms with Crippen LogP contribution in [-0.4, -0.2) is 59.1 Å². The van der Waals surface area contributed by atoms with E-state index in [-0.39, 0.29) is 24.6 Å². The third kappa shape index (κ3) is 1.96. The standard InChI is InChI=1S/C12H22N2O2/c1-9-7-14(10-5-3-4-6-10)11(8-15)12(16)13(9)2/h9-11,15H,3-8H2,1-2H3.